The smallest absolute Gasteiger partial charge is 0.161 e. The summed E-state index contributed by atoms with van der Waals surface area (Å²) in [4.78, 5) is 0. The normalized spacial score (nSPS) is 10.5. The molecule has 0 amide bonds. The molecular weight excluding hydrogens is 328 g/mol. The Bertz CT molecular complexity index is 614. The molecule has 0 aliphatic rings. The van der Waals surface area contributed by atoms with E-state index in [-0.39, 0.29) is 12.4 Å². The number of aryl methyl sites for hydroxylation is 1. The molecule has 0 saturated carbocycles. The molecule has 1 aromatic heterocycles. The van der Waals surface area contributed by atoms with Gasteiger partial charge in [0.05, 0.1) is 18.9 Å². The zero-order valence-corrected chi connectivity index (χ0v) is 15.6. The lowest BCUT2D eigenvalue weighted by Gasteiger charge is -2.14. The second-order valence-corrected chi connectivity index (χ2v) is 5.95. The molecule has 0 bridgehead atoms. The van der Waals surface area contributed by atoms with Crippen molar-refractivity contribution in [3.8, 4) is 11.5 Å². The van der Waals surface area contributed by atoms with Gasteiger partial charge in [-0.25, -0.2) is 0 Å². The van der Waals surface area contributed by atoms with E-state index in [4.69, 9.17) is 14.0 Å². The van der Waals surface area contributed by atoms with Gasteiger partial charge in [0.2, 0.25) is 0 Å². The molecule has 0 unspecified atom stereocenters. The zero-order chi connectivity index (χ0) is 16.7. The van der Waals surface area contributed by atoms with Gasteiger partial charge in [-0.15, -0.1) is 12.4 Å². The minimum atomic E-state index is 0. The third-order valence-electron chi connectivity index (χ3n) is 3.19. The van der Waals surface area contributed by atoms with Gasteiger partial charge >= 0.3 is 0 Å². The summed E-state index contributed by atoms with van der Waals surface area (Å²) >= 11 is 0. The Balaban J connectivity index is 0.00000288. The van der Waals surface area contributed by atoms with Crippen molar-refractivity contribution in [1.29, 1.82) is 0 Å². The Morgan fingerprint density at radius 2 is 1.92 bits per heavy atom. The number of nitrogens with zero attached hydrogens (tertiary/aromatic N) is 1. The van der Waals surface area contributed by atoms with Crippen LogP contribution in [0.3, 0.4) is 0 Å². The van der Waals surface area contributed by atoms with Gasteiger partial charge in [-0.05, 0) is 37.5 Å². The summed E-state index contributed by atoms with van der Waals surface area (Å²) in [5.41, 5.74) is 2.05. The lowest BCUT2D eigenvalue weighted by molar-refractivity contribution is 0.248. The number of benzene rings is 1. The summed E-state index contributed by atoms with van der Waals surface area (Å²) in [6.07, 6.45) is 0. The SMILES string of the molecule is CCOc1cc(CNCc2cc(C)on2)ccc1OCC(C)C.Cl. The standard InChI is InChI=1S/C18H26N2O3.ClH/c1-5-21-18-9-15(6-7-17(18)22-12-13(2)3)10-19-11-16-8-14(4)23-20-16;/h6-9,13,19H,5,10-12H2,1-4H3;1H. The lowest BCUT2D eigenvalue weighted by Crippen LogP contribution is -2.13. The van der Waals surface area contributed by atoms with Crippen LogP contribution in [0.25, 0.3) is 0 Å². The highest BCUT2D eigenvalue weighted by Crippen LogP contribution is 2.29. The van der Waals surface area contributed by atoms with Crippen LogP contribution in [0, 0.1) is 12.8 Å². The molecule has 2 rings (SSSR count). The second-order valence-electron chi connectivity index (χ2n) is 5.95. The Hall–Kier alpha value is -1.72. The van der Waals surface area contributed by atoms with E-state index in [1.165, 1.54) is 0 Å². The molecule has 5 nitrogen and oxygen atoms in total. The van der Waals surface area contributed by atoms with Gasteiger partial charge in [0.25, 0.3) is 0 Å². The highest BCUT2D eigenvalue weighted by atomic mass is 35.5. The maximum atomic E-state index is 5.81. The van der Waals surface area contributed by atoms with Crippen LogP contribution in [-0.4, -0.2) is 18.4 Å². The minimum absolute atomic E-state index is 0. The van der Waals surface area contributed by atoms with Crippen molar-refractivity contribution in [1.82, 2.24) is 10.5 Å². The fourth-order valence-corrected chi connectivity index (χ4v) is 2.14. The van der Waals surface area contributed by atoms with E-state index in [1.807, 2.05) is 32.0 Å². The van der Waals surface area contributed by atoms with Crippen LogP contribution in [0.2, 0.25) is 0 Å². The number of hydrogen-bond donors (Lipinski definition) is 1. The molecule has 0 aliphatic carbocycles. The van der Waals surface area contributed by atoms with Gasteiger partial charge in [-0.2, -0.15) is 0 Å². The first-order valence-electron chi connectivity index (χ1n) is 8.10. The van der Waals surface area contributed by atoms with Crippen LogP contribution in [0.5, 0.6) is 11.5 Å². The summed E-state index contributed by atoms with van der Waals surface area (Å²) in [5, 5.41) is 7.32. The summed E-state index contributed by atoms with van der Waals surface area (Å²) in [7, 11) is 0. The van der Waals surface area contributed by atoms with Gasteiger partial charge in [0.1, 0.15) is 5.76 Å². The van der Waals surface area contributed by atoms with Crippen molar-refractivity contribution in [2.24, 2.45) is 5.92 Å². The molecule has 24 heavy (non-hydrogen) atoms. The molecule has 1 heterocycles. The molecule has 0 aliphatic heterocycles. The van der Waals surface area contributed by atoms with E-state index in [1.54, 1.807) is 0 Å². The van der Waals surface area contributed by atoms with Crippen LogP contribution in [-0.2, 0) is 13.1 Å². The monoisotopic (exact) mass is 354 g/mol. The highest BCUT2D eigenvalue weighted by Gasteiger charge is 2.08. The zero-order valence-electron chi connectivity index (χ0n) is 14.8. The average molecular weight is 355 g/mol. The number of nitrogens with one attached hydrogen (secondary N) is 1. The number of hydrogen-bond acceptors (Lipinski definition) is 5. The van der Waals surface area contributed by atoms with Crippen molar-refractivity contribution in [3.63, 3.8) is 0 Å². The molecule has 0 saturated heterocycles. The number of halogens is 1. The van der Waals surface area contributed by atoms with Gasteiger partial charge in [-0.1, -0.05) is 25.1 Å². The first-order valence-corrected chi connectivity index (χ1v) is 8.10. The Morgan fingerprint density at radius 3 is 2.54 bits per heavy atom. The van der Waals surface area contributed by atoms with Gasteiger partial charge in [0, 0.05) is 19.2 Å². The first-order chi connectivity index (χ1) is 11.1. The largest absolute Gasteiger partial charge is 0.490 e. The fourth-order valence-electron chi connectivity index (χ4n) is 2.14. The quantitative estimate of drug-likeness (QED) is 0.733. The number of ether oxygens (including phenoxy) is 2. The van der Waals surface area contributed by atoms with Gasteiger partial charge in [-0.3, -0.25) is 0 Å². The van der Waals surface area contributed by atoms with E-state index in [9.17, 15) is 0 Å². The van der Waals surface area contributed by atoms with Crippen molar-refractivity contribution < 1.29 is 14.0 Å². The molecule has 0 radical (unpaired) electrons. The summed E-state index contributed by atoms with van der Waals surface area (Å²) < 4.78 is 16.6. The van der Waals surface area contributed by atoms with Crippen molar-refractivity contribution >= 4 is 12.4 Å². The third-order valence-corrected chi connectivity index (χ3v) is 3.19. The van der Waals surface area contributed by atoms with Crippen LogP contribution in [0.4, 0.5) is 0 Å². The lowest BCUT2D eigenvalue weighted by atomic mass is 10.2. The number of aromatic nitrogens is 1. The van der Waals surface area contributed by atoms with Gasteiger partial charge in [0.15, 0.2) is 11.5 Å². The maximum Gasteiger partial charge on any atom is 0.161 e. The molecule has 6 heteroatoms. The van der Waals surface area contributed by atoms with E-state index in [0.29, 0.717) is 25.7 Å². The molecule has 134 valence electrons. The maximum absolute atomic E-state index is 5.81. The summed E-state index contributed by atoms with van der Waals surface area (Å²) in [6.45, 7) is 10.8. The van der Waals surface area contributed by atoms with E-state index in [2.05, 4.69) is 30.4 Å². The molecule has 0 fully saturated rings. The van der Waals surface area contributed by atoms with Crippen LogP contribution < -0.4 is 14.8 Å². The Kier molecular flexibility index (Phi) is 8.65. The predicted molar refractivity (Wildman–Crippen MR) is 97.0 cm³/mol. The summed E-state index contributed by atoms with van der Waals surface area (Å²) in [5.74, 6) is 2.91. The topological polar surface area (TPSA) is 56.5 Å². The van der Waals surface area contributed by atoms with E-state index in [0.717, 1.165) is 35.1 Å². The van der Waals surface area contributed by atoms with Crippen molar-refractivity contribution in [2.75, 3.05) is 13.2 Å². The van der Waals surface area contributed by atoms with E-state index < -0.39 is 0 Å². The first kappa shape index (κ1) is 20.3. The molecule has 1 N–H and O–H groups in total. The predicted octanol–water partition coefficient (Wildman–Crippen LogP) is 4.13. The molecule has 1 aromatic carbocycles. The second kappa shape index (κ2) is 10.2. The van der Waals surface area contributed by atoms with Crippen LogP contribution >= 0.6 is 12.4 Å². The Morgan fingerprint density at radius 1 is 1.12 bits per heavy atom. The van der Waals surface area contributed by atoms with Crippen LogP contribution in [0.15, 0.2) is 28.8 Å². The minimum Gasteiger partial charge on any atom is -0.490 e. The van der Waals surface area contributed by atoms with Gasteiger partial charge < -0.3 is 19.3 Å². The molecule has 2 aromatic rings. The summed E-state index contributed by atoms with van der Waals surface area (Å²) in [6, 6.07) is 7.99. The molecule has 0 spiro atoms. The average Bonchev–Trinajstić information content (AvgIpc) is 2.92. The number of rotatable bonds is 9. The molecular formula is C18H27ClN2O3. The van der Waals surface area contributed by atoms with Crippen LogP contribution in [0.1, 0.15) is 37.8 Å². The van der Waals surface area contributed by atoms with Crippen molar-refractivity contribution in [3.05, 3.63) is 41.3 Å². The van der Waals surface area contributed by atoms with Crippen molar-refractivity contribution in [2.45, 2.75) is 40.8 Å². The molecule has 0 atom stereocenters. The van der Waals surface area contributed by atoms with E-state index >= 15 is 0 Å². The third kappa shape index (κ3) is 6.42. The Labute approximate surface area is 150 Å². The fraction of sp³-hybridized carbons (Fsp3) is 0.500. The highest BCUT2D eigenvalue weighted by molar-refractivity contribution is 5.85.